The van der Waals surface area contributed by atoms with Crippen LogP contribution >= 0.6 is 0 Å². The highest BCUT2D eigenvalue weighted by Gasteiger charge is 2.25. The van der Waals surface area contributed by atoms with Crippen molar-refractivity contribution in [2.75, 3.05) is 5.32 Å². The molecule has 1 unspecified atom stereocenters. The van der Waals surface area contributed by atoms with Gasteiger partial charge in [0, 0.05) is 16.8 Å². The van der Waals surface area contributed by atoms with Crippen LogP contribution in [0.25, 0.3) is 10.8 Å². The fraction of sp³-hybridized carbons (Fsp3) is 0.0556. The zero-order chi connectivity index (χ0) is 14.4. The Morgan fingerprint density at radius 2 is 1.52 bits per heavy atom. The lowest BCUT2D eigenvalue weighted by Crippen LogP contribution is -2.11. The second-order valence-corrected chi connectivity index (χ2v) is 5.23. The van der Waals surface area contributed by atoms with Gasteiger partial charge in [0.2, 0.25) is 0 Å². The Balaban J connectivity index is 2.01. The smallest absolute Gasteiger partial charge is 0.256 e. The maximum Gasteiger partial charge on any atom is 0.256 e. The molecule has 0 saturated heterocycles. The highest BCUT2D eigenvalue weighted by molar-refractivity contribution is 6.08. The minimum absolute atomic E-state index is 0.182. The summed E-state index contributed by atoms with van der Waals surface area (Å²) in [5.74, 6) is -0.182. The molecule has 4 rings (SSSR count). The number of nitrogens with one attached hydrogen (secondary N) is 1. The van der Waals surface area contributed by atoms with Gasteiger partial charge in [-0.1, -0.05) is 42.5 Å². The number of carbonyl (C=O) groups excluding carboxylic acids is 1. The summed E-state index contributed by atoms with van der Waals surface area (Å²) in [6, 6.07) is 18.9. The molecule has 1 aliphatic heterocycles. The Morgan fingerprint density at radius 3 is 2.33 bits per heavy atom. The monoisotopic (exact) mass is 275 g/mol. The lowest BCUT2D eigenvalue weighted by molar-refractivity contribution is 0.102. The molecule has 21 heavy (non-hydrogen) atoms. The van der Waals surface area contributed by atoms with E-state index in [2.05, 4.69) is 5.32 Å². The van der Waals surface area contributed by atoms with Gasteiger partial charge in [-0.3, -0.25) is 4.79 Å². The van der Waals surface area contributed by atoms with Crippen molar-refractivity contribution in [1.82, 2.24) is 0 Å². The molecule has 0 fully saturated rings. The molecule has 1 amide bonds. The zero-order valence-electron chi connectivity index (χ0n) is 11.2. The van der Waals surface area contributed by atoms with Gasteiger partial charge < -0.3 is 10.4 Å². The van der Waals surface area contributed by atoms with Crippen molar-refractivity contribution in [1.29, 1.82) is 0 Å². The Bertz CT molecular complexity index is 870. The summed E-state index contributed by atoms with van der Waals surface area (Å²) in [7, 11) is 0. The van der Waals surface area contributed by atoms with E-state index in [4.69, 9.17) is 0 Å². The third-order valence-corrected chi connectivity index (χ3v) is 3.96. The molecule has 0 aromatic heterocycles. The molecule has 0 spiro atoms. The number of rotatable bonds is 0. The van der Waals surface area contributed by atoms with Crippen LogP contribution in [0.15, 0.2) is 60.7 Å². The summed E-state index contributed by atoms with van der Waals surface area (Å²) in [4.78, 5) is 12.3. The Morgan fingerprint density at radius 1 is 0.857 bits per heavy atom. The topological polar surface area (TPSA) is 49.3 Å². The average Bonchev–Trinajstić information content (AvgIpc) is 2.62. The molecule has 2 N–H and O–H groups in total. The SMILES string of the molecule is O=C1Nc2cc3ccccc3cc2C(O)c2ccccc21. The fourth-order valence-corrected chi connectivity index (χ4v) is 2.89. The largest absolute Gasteiger partial charge is 0.384 e. The maximum atomic E-state index is 12.3. The number of hydrogen-bond acceptors (Lipinski definition) is 2. The van der Waals surface area contributed by atoms with Crippen LogP contribution in [0.4, 0.5) is 5.69 Å². The number of carbonyl (C=O) groups is 1. The molecule has 0 aliphatic carbocycles. The summed E-state index contributed by atoms with van der Waals surface area (Å²) in [5.41, 5.74) is 2.56. The van der Waals surface area contributed by atoms with Gasteiger partial charge in [-0.15, -0.1) is 0 Å². The van der Waals surface area contributed by atoms with Crippen LogP contribution in [0, 0.1) is 0 Å². The molecular weight excluding hydrogens is 262 g/mol. The molecule has 1 heterocycles. The van der Waals surface area contributed by atoms with Crippen molar-refractivity contribution in [3.8, 4) is 0 Å². The number of aliphatic hydroxyl groups excluding tert-OH is 1. The lowest BCUT2D eigenvalue weighted by Gasteiger charge is -2.14. The first kappa shape index (κ1) is 12.1. The van der Waals surface area contributed by atoms with Gasteiger partial charge in [0.05, 0.1) is 0 Å². The molecule has 1 aliphatic rings. The summed E-state index contributed by atoms with van der Waals surface area (Å²) in [6.07, 6.45) is -0.806. The van der Waals surface area contributed by atoms with Gasteiger partial charge in [0.1, 0.15) is 6.10 Å². The number of aliphatic hydroxyl groups is 1. The molecule has 3 nitrogen and oxygen atoms in total. The molecule has 0 bridgehead atoms. The Hall–Kier alpha value is -2.65. The van der Waals surface area contributed by atoms with Crippen molar-refractivity contribution in [2.45, 2.75) is 6.10 Å². The van der Waals surface area contributed by atoms with E-state index in [-0.39, 0.29) is 5.91 Å². The van der Waals surface area contributed by atoms with E-state index in [1.165, 1.54) is 0 Å². The van der Waals surface area contributed by atoms with Gasteiger partial charge in [-0.25, -0.2) is 0 Å². The first-order chi connectivity index (χ1) is 10.2. The molecule has 0 saturated carbocycles. The van der Waals surface area contributed by atoms with E-state index < -0.39 is 6.10 Å². The normalized spacial score (nSPS) is 16.8. The van der Waals surface area contributed by atoms with E-state index in [9.17, 15) is 9.90 Å². The van der Waals surface area contributed by atoms with Crippen LogP contribution in [-0.2, 0) is 0 Å². The Kier molecular flexibility index (Phi) is 2.56. The quantitative estimate of drug-likeness (QED) is 0.660. The second kappa shape index (κ2) is 4.43. The average molecular weight is 275 g/mol. The standard InChI is InChI=1S/C18H13NO2/c20-17-13-7-3-4-8-14(13)18(21)19-16-10-12-6-2-1-5-11(12)9-15(16)17/h1-10,17,20H,(H,19,21). The van der Waals surface area contributed by atoms with Gasteiger partial charge in [-0.2, -0.15) is 0 Å². The van der Waals surface area contributed by atoms with Crippen LogP contribution in [0.2, 0.25) is 0 Å². The summed E-state index contributed by atoms with van der Waals surface area (Å²) in [5, 5.41) is 15.7. The number of hydrogen-bond donors (Lipinski definition) is 2. The first-order valence-corrected chi connectivity index (χ1v) is 6.85. The Labute approximate surface area is 121 Å². The van der Waals surface area contributed by atoms with Crippen LogP contribution in [0.5, 0.6) is 0 Å². The number of anilines is 1. The summed E-state index contributed by atoms with van der Waals surface area (Å²) in [6.45, 7) is 0. The number of benzene rings is 3. The van der Waals surface area contributed by atoms with Gasteiger partial charge in [0.15, 0.2) is 0 Å². The zero-order valence-corrected chi connectivity index (χ0v) is 11.2. The lowest BCUT2D eigenvalue weighted by atomic mass is 9.95. The fourth-order valence-electron chi connectivity index (χ4n) is 2.89. The van der Waals surface area contributed by atoms with Gasteiger partial charge >= 0.3 is 0 Å². The second-order valence-electron chi connectivity index (χ2n) is 5.23. The molecular formula is C18H13NO2. The van der Waals surface area contributed by atoms with Gasteiger partial charge in [0.25, 0.3) is 5.91 Å². The predicted octanol–water partition coefficient (Wildman–Crippen LogP) is 3.49. The van der Waals surface area contributed by atoms with E-state index >= 15 is 0 Å². The number of amides is 1. The molecule has 102 valence electrons. The van der Waals surface area contributed by atoms with E-state index in [0.29, 0.717) is 16.8 Å². The maximum absolute atomic E-state index is 12.3. The first-order valence-electron chi connectivity index (χ1n) is 6.85. The van der Waals surface area contributed by atoms with E-state index in [1.807, 2.05) is 42.5 Å². The minimum Gasteiger partial charge on any atom is -0.384 e. The van der Waals surface area contributed by atoms with Gasteiger partial charge in [-0.05, 0) is 34.5 Å². The van der Waals surface area contributed by atoms with Crippen LogP contribution in [0.1, 0.15) is 27.6 Å². The van der Waals surface area contributed by atoms with Crippen LogP contribution in [0.3, 0.4) is 0 Å². The predicted molar refractivity (Wildman–Crippen MR) is 82.4 cm³/mol. The van der Waals surface area contributed by atoms with Crippen LogP contribution < -0.4 is 5.32 Å². The number of fused-ring (bicyclic) bond motifs is 3. The highest BCUT2D eigenvalue weighted by atomic mass is 16.3. The third-order valence-electron chi connectivity index (χ3n) is 3.96. The molecule has 3 aromatic carbocycles. The van der Waals surface area contributed by atoms with E-state index in [0.717, 1.165) is 16.3 Å². The van der Waals surface area contributed by atoms with Crippen molar-refractivity contribution in [3.05, 3.63) is 77.4 Å². The van der Waals surface area contributed by atoms with Crippen molar-refractivity contribution < 1.29 is 9.90 Å². The third kappa shape index (κ3) is 1.82. The highest BCUT2D eigenvalue weighted by Crippen LogP contribution is 2.36. The van der Waals surface area contributed by atoms with E-state index in [1.54, 1.807) is 18.2 Å². The van der Waals surface area contributed by atoms with Crippen molar-refractivity contribution in [2.24, 2.45) is 0 Å². The minimum atomic E-state index is -0.806. The van der Waals surface area contributed by atoms with Crippen molar-refractivity contribution >= 4 is 22.4 Å². The van der Waals surface area contributed by atoms with Crippen molar-refractivity contribution in [3.63, 3.8) is 0 Å². The van der Waals surface area contributed by atoms with Crippen LogP contribution in [-0.4, -0.2) is 11.0 Å². The summed E-state index contributed by atoms with van der Waals surface area (Å²) < 4.78 is 0. The molecule has 0 radical (unpaired) electrons. The molecule has 3 aromatic rings. The molecule has 1 atom stereocenters. The summed E-state index contributed by atoms with van der Waals surface area (Å²) >= 11 is 0. The molecule has 3 heteroatoms.